The second kappa shape index (κ2) is 7.16. The molecule has 0 unspecified atom stereocenters. The van der Waals surface area contributed by atoms with Crippen LogP contribution in [0, 0.1) is 0 Å². The molecule has 2 aromatic heterocycles. The molecule has 0 saturated heterocycles. The second-order valence-corrected chi connectivity index (χ2v) is 5.04. The maximum absolute atomic E-state index is 11.1. The van der Waals surface area contributed by atoms with E-state index in [0.29, 0.717) is 10.9 Å². The van der Waals surface area contributed by atoms with Gasteiger partial charge in [0.2, 0.25) is 0 Å². The van der Waals surface area contributed by atoms with Crippen LogP contribution in [-0.2, 0) is 12.3 Å². The van der Waals surface area contributed by atoms with E-state index < -0.39 is 0 Å². The topological polar surface area (TPSA) is 70.9 Å². The molecule has 2 rings (SSSR count). The fraction of sp³-hybridized carbons (Fsp3) is 0.385. The third-order valence-electron chi connectivity index (χ3n) is 2.44. The van der Waals surface area contributed by atoms with Gasteiger partial charge in [0.25, 0.3) is 5.56 Å². The first-order chi connectivity index (χ1) is 9.28. The summed E-state index contributed by atoms with van der Waals surface area (Å²) in [6.45, 7) is 3.86. The van der Waals surface area contributed by atoms with Crippen LogP contribution in [0.3, 0.4) is 0 Å². The van der Waals surface area contributed by atoms with Crippen LogP contribution in [0.2, 0.25) is 0 Å². The first-order valence-corrected chi connectivity index (χ1v) is 7.23. The summed E-state index contributed by atoms with van der Waals surface area (Å²) in [5.74, 6) is 2.46. The lowest BCUT2D eigenvalue weighted by molar-refractivity contribution is 0.459. The van der Waals surface area contributed by atoms with Crippen LogP contribution < -0.4 is 10.9 Å². The lowest BCUT2D eigenvalue weighted by Crippen LogP contribution is -2.12. The van der Waals surface area contributed by atoms with Crippen LogP contribution in [0.25, 0.3) is 0 Å². The van der Waals surface area contributed by atoms with Gasteiger partial charge in [-0.3, -0.25) is 4.79 Å². The molecule has 0 spiro atoms. The smallest absolute Gasteiger partial charge is 0.251 e. The van der Waals surface area contributed by atoms with Gasteiger partial charge in [-0.2, -0.15) is 0 Å². The zero-order chi connectivity index (χ0) is 13.5. The number of nitrogens with one attached hydrogen (secondary N) is 2. The summed E-state index contributed by atoms with van der Waals surface area (Å²) in [6, 6.07) is 5.32. The van der Waals surface area contributed by atoms with E-state index in [1.165, 1.54) is 24.0 Å². The molecule has 0 amide bonds. The number of rotatable bonds is 7. The first-order valence-electron chi connectivity index (χ1n) is 6.24. The van der Waals surface area contributed by atoms with Crippen LogP contribution in [0.15, 0.2) is 38.8 Å². The number of hydrogen-bond donors (Lipinski definition) is 2. The molecule has 0 aliphatic carbocycles. The number of aromatic amines is 1. The van der Waals surface area contributed by atoms with E-state index in [2.05, 4.69) is 22.2 Å². The standard InChI is InChI=1S/C13H17N3O2S/c1-2-6-14-8-10-3-4-11(18-10)9-19-13-15-7-5-12(17)16-13/h3-5,7,14H,2,6,8-9H2,1H3,(H,15,16,17). The molecule has 0 aliphatic heterocycles. The van der Waals surface area contributed by atoms with Crippen molar-refractivity contribution in [2.45, 2.75) is 30.8 Å². The molecule has 2 aromatic rings. The van der Waals surface area contributed by atoms with Crippen molar-refractivity contribution < 1.29 is 4.42 Å². The Bertz CT molecular complexity index is 565. The van der Waals surface area contributed by atoms with Gasteiger partial charge in [0, 0.05) is 12.3 Å². The molecular formula is C13H17N3O2S. The number of H-pyrrole nitrogens is 1. The first kappa shape index (κ1) is 13.9. The van der Waals surface area contributed by atoms with E-state index in [1.54, 1.807) is 0 Å². The van der Waals surface area contributed by atoms with Crippen LogP contribution in [-0.4, -0.2) is 16.5 Å². The van der Waals surface area contributed by atoms with Crippen molar-refractivity contribution in [3.8, 4) is 0 Å². The fourth-order valence-electron chi connectivity index (χ4n) is 1.55. The van der Waals surface area contributed by atoms with E-state index in [1.807, 2.05) is 12.1 Å². The van der Waals surface area contributed by atoms with E-state index >= 15 is 0 Å². The Kier molecular flexibility index (Phi) is 5.23. The van der Waals surface area contributed by atoms with E-state index in [4.69, 9.17) is 4.42 Å². The fourth-order valence-corrected chi connectivity index (χ4v) is 2.29. The molecule has 0 saturated carbocycles. The van der Waals surface area contributed by atoms with E-state index in [-0.39, 0.29) is 5.56 Å². The summed E-state index contributed by atoms with van der Waals surface area (Å²) in [5, 5.41) is 3.89. The van der Waals surface area contributed by atoms with Gasteiger partial charge in [-0.1, -0.05) is 18.7 Å². The second-order valence-electron chi connectivity index (χ2n) is 4.07. The molecule has 0 radical (unpaired) electrons. The minimum atomic E-state index is -0.138. The molecule has 0 aliphatic rings. The number of aromatic nitrogens is 2. The van der Waals surface area contributed by atoms with Gasteiger partial charge in [0.15, 0.2) is 5.16 Å². The zero-order valence-corrected chi connectivity index (χ0v) is 11.6. The van der Waals surface area contributed by atoms with Crippen LogP contribution in [0.1, 0.15) is 24.9 Å². The highest BCUT2D eigenvalue weighted by Gasteiger charge is 2.04. The summed E-state index contributed by atoms with van der Waals surface area (Å²) in [5.41, 5.74) is -0.138. The normalized spacial score (nSPS) is 10.8. The van der Waals surface area contributed by atoms with Crippen molar-refractivity contribution in [3.05, 3.63) is 46.3 Å². The maximum Gasteiger partial charge on any atom is 0.251 e. The third-order valence-corrected chi connectivity index (χ3v) is 3.35. The molecule has 0 bridgehead atoms. The number of thioether (sulfide) groups is 1. The Labute approximate surface area is 115 Å². The van der Waals surface area contributed by atoms with E-state index in [0.717, 1.165) is 31.0 Å². The van der Waals surface area contributed by atoms with Gasteiger partial charge in [0.1, 0.15) is 11.5 Å². The maximum atomic E-state index is 11.1. The van der Waals surface area contributed by atoms with Crippen molar-refractivity contribution >= 4 is 11.8 Å². The van der Waals surface area contributed by atoms with Crippen molar-refractivity contribution in [2.24, 2.45) is 0 Å². The largest absolute Gasteiger partial charge is 0.464 e. The van der Waals surface area contributed by atoms with Gasteiger partial charge in [-0.25, -0.2) is 4.98 Å². The Hall–Kier alpha value is -1.53. The van der Waals surface area contributed by atoms with Crippen LogP contribution in [0.4, 0.5) is 0 Å². The molecule has 2 N–H and O–H groups in total. The van der Waals surface area contributed by atoms with Crippen molar-refractivity contribution in [1.82, 2.24) is 15.3 Å². The Morgan fingerprint density at radius 1 is 1.37 bits per heavy atom. The summed E-state index contributed by atoms with van der Waals surface area (Å²) < 4.78 is 5.68. The highest BCUT2D eigenvalue weighted by Crippen LogP contribution is 2.19. The van der Waals surface area contributed by atoms with Crippen molar-refractivity contribution in [2.75, 3.05) is 6.54 Å². The van der Waals surface area contributed by atoms with Gasteiger partial charge in [0.05, 0.1) is 12.3 Å². The van der Waals surface area contributed by atoms with Crippen LogP contribution in [0.5, 0.6) is 0 Å². The minimum Gasteiger partial charge on any atom is -0.464 e. The van der Waals surface area contributed by atoms with Crippen molar-refractivity contribution in [1.29, 1.82) is 0 Å². The lowest BCUT2D eigenvalue weighted by atomic mass is 10.4. The van der Waals surface area contributed by atoms with Gasteiger partial charge in [-0.15, -0.1) is 0 Å². The van der Waals surface area contributed by atoms with Crippen LogP contribution >= 0.6 is 11.8 Å². The quantitative estimate of drug-likeness (QED) is 0.461. The number of hydrogen-bond acceptors (Lipinski definition) is 5. The monoisotopic (exact) mass is 279 g/mol. The molecular weight excluding hydrogens is 262 g/mol. The highest BCUT2D eigenvalue weighted by atomic mass is 32.2. The van der Waals surface area contributed by atoms with E-state index in [9.17, 15) is 4.79 Å². The van der Waals surface area contributed by atoms with Gasteiger partial charge in [-0.05, 0) is 25.1 Å². The van der Waals surface area contributed by atoms with Gasteiger partial charge >= 0.3 is 0 Å². The predicted molar refractivity (Wildman–Crippen MR) is 75.1 cm³/mol. The van der Waals surface area contributed by atoms with Gasteiger partial charge < -0.3 is 14.7 Å². The molecule has 19 heavy (non-hydrogen) atoms. The van der Waals surface area contributed by atoms with Crippen molar-refractivity contribution in [3.63, 3.8) is 0 Å². The highest BCUT2D eigenvalue weighted by molar-refractivity contribution is 7.98. The third kappa shape index (κ3) is 4.57. The lowest BCUT2D eigenvalue weighted by Gasteiger charge is -2.00. The summed E-state index contributed by atoms with van der Waals surface area (Å²) >= 11 is 1.45. The average molecular weight is 279 g/mol. The molecule has 2 heterocycles. The molecule has 0 atom stereocenters. The number of nitrogens with zero attached hydrogens (tertiary/aromatic N) is 1. The Morgan fingerprint density at radius 2 is 2.21 bits per heavy atom. The minimum absolute atomic E-state index is 0.138. The zero-order valence-electron chi connectivity index (χ0n) is 10.8. The molecule has 5 nitrogen and oxygen atoms in total. The Balaban J connectivity index is 1.84. The summed E-state index contributed by atoms with van der Waals surface area (Å²) in [4.78, 5) is 17.9. The summed E-state index contributed by atoms with van der Waals surface area (Å²) in [6.07, 6.45) is 2.61. The molecule has 6 heteroatoms. The molecule has 0 aromatic carbocycles. The average Bonchev–Trinajstić information content (AvgIpc) is 2.85. The summed E-state index contributed by atoms with van der Waals surface area (Å²) in [7, 11) is 0. The predicted octanol–water partition coefficient (Wildman–Crippen LogP) is 2.15. The number of furan rings is 1. The molecule has 0 fully saturated rings. The molecule has 102 valence electrons. The Morgan fingerprint density at radius 3 is 3.00 bits per heavy atom. The SMILES string of the molecule is CCCNCc1ccc(CSc2nccc(=O)[nH]2)o1.